The summed E-state index contributed by atoms with van der Waals surface area (Å²) in [7, 11) is 0. The first-order valence-electron chi connectivity index (χ1n) is 9.42. The Bertz CT molecular complexity index is 606. The Morgan fingerprint density at radius 3 is 2.43 bits per heavy atom. The molecule has 3 amide bonds. The number of hydrogen-bond donors (Lipinski definition) is 6. The molecule has 0 aromatic carbocycles. The second-order valence-corrected chi connectivity index (χ2v) is 7.15. The molecule has 0 spiro atoms. The fourth-order valence-corrected chi connectivity index (χ4v) is 3.50. The van der Waals surface area contributed by atoms with Gasteiger partial charge in [0.2, 0.25) is 17.7 Å². The quantitative estimate of drug-likeness (QED) is 0.253. The van der Waals surface area contributed by atoms with Gasteiger partial charge in [0.1, 0.15) is 12.1 Å². The number of carbonyl (C=O) groups is 4. The van der Waals surface area contributed by atoms with Crippen LogP contribution in [0.15, 0.2) is 0 Å². The van der Waals surface area contributed by atoms with Gasteiger partial charge in [-0.2, -0.15) is 0 Å². The second kappa shape index (κ2) is 9.80. The molecule has 0 aliphatic carbocycles. The lowest BCUT2D eigenvalue weighted by molar-refractivity contribution is -0.146. The Morgan fingerprint density at radius 1 is 1.18 bits per heavy atom. The summed E-state index contributed by atoms with van der Waals surface area (Å²) < 4.78 is 0. The maximum Gasteiger partial charge on any atom is 0.328 e. The highest BCUT2D eigenvalue weighted by Gasteiger charge is 2.39. The summed E-state index contributed by atoms with van der Waals surface area (Å²) in [6, 6.07) is -4.02. The van der Waals surface area contributed by atoms with Crippen molar-refractivity contribution in [2.45, 2.75) is 62.9 Å². The molecule has 158 valence electrons. The Hall–Kier alpha value is -2.24. The van der Waals surface area contributed by atoms with Gasteiger partial charge in [-0.05, 0) is 39.2 Å². The number of carbonyl (C=O) groups excluding carboxylic acids is 3. The van der Waals surface area contributed by atoms with Crippen molar-refractivity contribution in [3.05, 3.63) is 0 Å². The van der Waals surface area contributed by atoms with E-state index in [0.717, 1.165) is 13.0 Å². The van der Waals surface area contributed by atoms with E-state index in [4.69, 9.17) is 5.11 Å². The lowest BCUT2D eigenvalue weighted by Crippen LogP contribution is -2.58. The number of aliphatic hydroxyl groups is 2. The number of carboxylic acid groups (broad SMARTS) is 1. The number of carboxylic acids is 1. The van der Waals surface area contributed by atoms with Crippen LogP contribution in [0.1, 0.15) is 32.6 Å². The van der Waals surface area contributed by atoms with E-state index in [9.17, 15) is 29.4 Å². The monoisotopic (exact) mass is 400 g/mol. The van der Waals surface area contributed by atoms with E-state index in [1.807, 2.05) is 0 Å². The van der Waals surface area contributed by atoms with Crippen molar-refractivity contribution in [2.75, 3.05) is 19.7 Å². The van der Waals surface area contributed by atoms with E-state index >= 15 is 0 Å². The van der Waals surface area contributed by atoms with E-state index in [1.54, 1.807) is 0 Å². The van der Waals surface area contributed by atoms with E-state index in [1.165, 1.54) is 11.8 Å². The number of likely N-dealkylation sites (tertiary alicyclic amines) is 1. The molecule has 2 rings (SSSR count). The summed E-state index contributed by atoms with van der Waals surface area (Å²) in [5.41, 5.74) is 0. The SMILES string of the molecule is CC(O)C(NC(=O)C(CO)NC(=O)C1CCCN1C(=O)C1CCCN1)C(=O)O. The largest absolute Gasteiger partial charge is 0.480 e. The van der Waals surface area contributed by atoms with Crippen molar-refractivity contribution in [1.82, 2.24) is 20.9 Å². The molecule has 0 aromatic rings. The molecule has 2 saturated heterocycles. The minimum atomic E-state index is -1.57. The van der Waals surface area contributed by atoms with Crippen LogP contribution >= 0.6 is 0 Å². The van der Waals surface area contributed by atoms with Crippen LogP contribution in [0.4, 0.5) is 0 Å². The number of amides is 3. The number of aliphatic hydroxyl groups excluding tert-OH is 2. The number of nitrogens with zero attached hydrogens (tertiary/aromatic N) is 1. The molecule has 5 unspecified atom stereocenters. The summed E-state index contributed by atoms with van der Waals surface area (Å²) in [6.45, 7) is 1.63. The van der Waals surface area contributed by atoms with Crippen LogP contribution in [0.3, 0.4) is 0 Å². The zero-order valence-electron chi connectivity index (χ0n) is 15.8. The van der Waals surface area contributed by atoms with Crippen LogP contribution in [0, 0.1) is 0 Å². The second-order valence-electron chi connectivity index (χ2n) is 7.15. The van der Waals surface area contributed by atoms with Gasteiger partial charge >= 0.3 is 5.97 Å². The molecule has 28 heavy (non-hydrogen) atoms. The molecule has 6 N–H and O–H groups in total. The molecule has 2 fully saturated rings. The highest BCUT2D eigenvalue weighted by atomic mass is 16.4. The molecule has 11 nitrogen and oxygen atoms in total. The maximum atomic E-state index is 12.6. The van der Waals surface area contributed by atoms with Gasteiger partial charge in [-0.15, -0.1) is 0 Å². The van der Waals surface area contributed by atoms with Gasteiger partial charge in [-0.3, -0.25) is 14.4 Å². The first kappa shape index (κ1) is 22.1. The van der Waals surface area contributed by atoms with Crippen molar-refractivity contribution < 1.29 is 34.5 Å². The van der Waals surface area contributed by atoms with Gasteiger partial charge in [-0.1, -0.05) is 0 Å². The smallest absolute Gasteiger partial charge is 0.328 e. The van der Waals surface area contributed by atoms with Gasteiger partial charge in [0, 0.05) is 6.54 Å². The lowest BCUT2D eigenvalue weighted by atomic mass is 10.1. The molecule has 11 heteroatoms. The Balaban J connectivity index is 1.99. The third-order valence-corrected chi connectivity index (χ3v) is 5.06. The van der Waals surface area contributed by atoms with Crippen LogP contribution in [0.2, 0.25) is 0 Å². The van der Waals surface area contributed by atoms with Crippen LogP contribution in [0.25, 0.3) is 0 Å². The maximum absolute atomic E-state index is 12.6. The summed E-state index contributed by atoms with van der Waals surface area (Å²) >= 11 is 0. The van der Waals surface area contributed by atoms with E-state index in [2.05, 4.69) is 16.0 Å². The lowest BCUT2D eigenvalue weighted by Gasteiger charge is -2.28. The summed E-state index contributed by atoms with van der Waals surface area (Å²) in [6.07, 6.45) is 1.33. The summed E-state index contributed by atoms with van der Waals surface area (Å²) in [4.78, 5) is 50.0. The van der Waals surface area contributed by atoms with Crippen molar-refractivity contribution >= 4 is 23.7 Å². The zero-order valence-corrected chi connectivity index (χ0v) is 15.8. The molecule has 5 atom stereocenters. The molecular formula is C17H28N4O7. The molecule has 0 saturated carbocycles. The number of nitrogens with one attached hydrogen (secondary N) is 3. The Labute approximate surface area is 162 Å². The van der Waals surface area contributed by atoms with Gasteiger partial charge in [-0.25, -0.2) is 4.79 Å². The number of rotatable bonds is 8. The first-order valence-corrected chi connectivity index (χ1v) is 9.42. The fourth-order valence-electron chi connectivity index (χ4n) is 3.50. The fraction of sp³-hybridized carbons (Fsp3) is 0.765. The average Bonchev–Trinajstić information content (AvgIpc) is 3.34. The highest BCUT2D eigenvalue weighted by molar-refractivity contribution is 5.94. The van der Waals surface area contributed by atoms with E-state index in [0.29, 0.717) is 25.8 Å². The van der Waals surface area contributed by atoms with E-state index in [-0.39, 0.29) is 11.9 Å². The van der Waals surface area contributed by atoms with E-state index < -0.39 is 48.6 Å². The predicted octanol–water partition coefficient (Wildman–Crippen LogP) is -2.84. The first-order chi connectivity index (χ1) is 13.3. The van der Waals surface area contributed by atoms with Crippen LogP contribution in [-0.4, -0.2) is 93.9 Å². The molecule has 2 aliphatic heterocycles. The van der Waals surface area contributed by atoms with Crippen molar-refractivity contribution in [3.63, 3.8) is 0 Å². The third kappa shape index (κ3) is 5.18. The number of hydrogen-bond acceptors (Lipinski definition) is 7. The van der Waals surface area contributed by atoms with Gasteiger partial charge < -0.3 is 36.2 Å². The minimum absolute atomic E-state index is 0.153. The van der Waals surface area contributed by atoms with Crippen LogP contribution in [-0.2, 0) is 19.2 Å². The average molecular weight is 400 g/mol. The van der Waals surface area contributed by atoms with Gasteiger partial charge in [0.15, 0.2) is 6.04 Å². The van der Waals surface area contributed by atoms with Crippen molar-refractivity contribution in [2.24, 2.45) is 0 Å². The van der Waals surface area contributed by atoms with Crippen molar-refractivity contribution in [3.8, 4) is 0 Å². The Kier molecular flexibility index (Phi) is 7.72. The summed E-state index contributed by atoms with van der Waals surface area (Å²) in [5, 5.41) is 35.5. The summed E-state index contributed by atoms with van der Waals surface area (Å²) in [5.74, 6) is -3.11. The molecule has 0 aromatic heterocycles. The molecule has 0 radical (unpaired) electrons. The van der Waals surface area contributed by atoms with Gasteiger partial charge in [0.25, 0.3) is 0 Å². The topological polar surface area (TPSA) is 168 Å². The van der Waals surface area contributed by atoms with Crippen LogP contribution < -0.4 is 16.0 Å². The molecule has 0 bridgehead atoms. The molecular weight excluding hydrogens is 372 g/mol. The molecule has 2 heterocycles. The number of aliphatic carboxylic acids is 1. The zero-order chi connectivity index (χ0) is 20.8. The van der Waals surface area contributed by atoms with Crippen LogP contribution in [0.5, 0.6) is 0 Å². The minimum Gasteiger partial charge on any atom is -0.480 e. The predicted molar refractivity (Wildman–Crippen MR) is 96.0 cm³/mol. The standard InChI is InChI=1S/C17H28N4O7/c1-9(23)13(17(27)28)20-14(24)11(8-22)19-15(25)12-5-3-7-21(12)16(26)10-4-2-6-18-10/h9-13,18,22-23H,2-8H2,1H3,(H,19,25)(H,20,24)(H,27,28). The normalized spacial score (nSPS) is 25.0. The third-order valence-electron chi connectivity index (χ3n) is 5.06. The van der Waals surface area contributed by atoms with Gasteiger partial charge in [0.05, 0.1) is 18.8 Å². The Morgan fingerprint density at radius 2 is 1.89 bits per heavy atom. The van der Waals surface area contributed by atoms with Crippen molar-refractivity contribution in [1.29, 1.82) is 0 Å². The molecule has 2 aliphatic rings. The highest BCUT2D eigenvalue weighted by Crippen LogP contribution is 2.21.